The van der Waals surface area contributed by atoms with Gasteiger partial charge in [-0.2, -0.15) is 0 Å². The van der Waals surface area contributed by atoms with Crippen molar-refractivity contribution in [3.8, 4) is 0 Å². The predicted molar refractivity (Wildman–Crippen MR) is 113 cm³/mol. The van der Waals surface area contributed by atoms with E-state index in [1.165, 1.54) is 0 Å². The fourth-order valence-corrected chi connectivity index (χ4v) is 4.54. The molecule has 0 bridgehead atoms. The lowest BCUT2D eigenvalue weighted by atomic mass is 9.79. The number of hydrogen-bond acceptors (Lipinski definition) is 4. The molecule has 6 heteroatoms. The van der Waals surface area contributed by atoms with Crippen LogP contribution in [0.4, 0.5) is 0 Å². The molecular formula is C23H40N2O4. The summed E-state index contributed by atoms with van der Waals surface area (Å²) in [7, 11) is 1.84. The van der Waals surface area contributed by atoms with Crippen molar-refractivity contribution >= 4 is 17.6 Å². The van der Waals surface area contributed by atoms with Gasteiger partial charge in [-0.3, -0.25) is 14.4 Å². The van der Waals surface area contributed by atoms with E-state index in [-0.39, 0.29) is 36.2 Å². The molecule has 1 saturated carbocycles. The second kappa shape index (κ2) is 11.7. The zero-order chi connectivity index (χ0) is 21.4. The molecular weight excluding hydrogens is 368 g/mol. The Morgan fingerprint density at radius 3 is 2.14 bits per heavy atom. The molecule has 1 heterocycles. The van der Waals surface area contributed by atoms with E-state index in [4.69, 9.17) is 4.74 Å². The van der Waals surface area contributed by atoms with Gasteiger partial charge in [0.1, 0.15) is 12.4 Å². The number of carbonyl (C=O) groups is 3. The predicted octanol–water partition coefficient (Wildman–Crippen LogP) is 3.28. The number of ketones is 1. The van der Waals surface area contributed by atoms with Gasteiger partial charge in [-0.25, -0.2) is 0 Å². The molecule has 29 heavy (non-hydrogen) atoms. The number of carbonyl (C=O) groups excluding carboxylic acids is 3. The van der Waals surface area contributed by atoms with Crippen molar-refractivity contribution in [2.24, 2.45) is 17.8 Å². The smallest absolute Gasteiger partial charge is 0.248 e. The molecule has 1 saturated heterocycles. The molecule has 0 radical (unpaired) electrons. The maximum absolute atomic E-state index is 12.8. The van der Waals surface area contributed by atoms with Crippen molar-refractivity contribution in [2.75, 3.05) is 33.3 Å². The first kappa shape index (κ1) is 23.8. The van der Waals surface area contributed by atoms with Gasteiger partial charge in [0.2, 0.25) is 11.8 Å². The fourth-order valence-electron chi connectivity index (χ4n) is 4.54. The third-order valence-electron chi connectivity index (χ3n) is 6.65. The SMILES string of the molecule is CC(=O)C1CCC(C(=O)N2CCC(CCCN(C)C(=O)COC(C)C)CC2)CC1. The summed E-state index contributed by atoms with van der Waals surface area (Å²) in [5.74, 6) is 1.56. The zero-order valence-corrected chi connectivity index (χ0v) is 18.8. The number of nitrogens with zero attached hydrogens (tertiary/aromatic N) is 2. The monoisotopic (exact) mass is 408 g/mol. The minimum absolute atomic E-state index is 0.0404. The van der Waals surface area contributed by atoms with Crippen LogP contribution in [0.3, 0.4) is 0 Å². The summed E-state index contributed by atoms with van der Waals surface area (Å²) < 4.78 is 5.38. The number of likely N-dealkylation sites (tertiary alicyclic amines) is 1. The van der Waals surface area contributed by atoms with Crippen molar-refractivity contribution in [1.29, 1.82) is 0 Å². The number of ether oxygens (including phenoxy) is 1. The van der Waals surface area contributed by atoms with Crippen LogP contribution in [0.15, 0.2) is 0 Å². The largest absolute Gasteiger partial charge is 0.369 e. The van der Waals surface area contributed by atoms with Crippen LogP contribution in [0, 0.1) is 17.8 Å². The Labute approximate surface area is 176 Å². The Balaban J connectivity index is 1.62. The molecule has 0 aromatic heterocycles. The Morgan fingerprint density at radius 2 is 1.59 bits per heavy atom. The molecule has 1 aliphatic carbocycles. The Bertz CT molecular complexity index is 547. The minimum Gasteiger partial charge on any atom is -0.369 e. The Morgan fingerprint density at radius 1 is 1.00 bits per heavy atom. The van der Waals surface area contributed by atoms with Crippen molar-refractivity contribution < 1.29 is 19.1 Å². The topological polar surface area (TPSA) is 66.9 Å². The first-order valence-corrected chi connectivity index (χ1v) is 11.4. The fraction of sp³-hybridized carbons (Fsp3) is 0.870. The van der Waals surface area contributed by atoms with Crippen molar-refractivity contribution in [2.45, 2.75) is 78.2 Å². The van der Waals surface area contributed by atoms with Crippen LogP contribution in [0.1, 0.15) is 72.1 Å². The average molecular weight is 409 g/mol. The lowest BCUT2D eigenvalue weighted by molar-refractivity contribution is -0.139. The van der Waals surface area contributed by atoms with E-state index in [1.807, 2.05) is 25.8 Å². The summed E-state index contributed by atoms with van der Waals surface area (Å²) in [6, 6.07) is 0. The van der Waals surface area contributed by atoms with Gasteiger partial charge in [-0.1, -0.05) is 0 Å². The van der Waals surface area contributed by atoms with Crippen LogP contribution in [0.5, 0.6) is 0 Å². The Kier molecular flexibility index (Phi) is 9.60. The van der Waals surface area contributed by atoms with Gasteiger partial charge < -0.3 is 14.5 Å². The highest BCUT2D eigenvalue weighted by Gasteiger charge is 2.32. The molecule has 0 unspecified atom stereocenters. The van der Waals surface area contributed by atoms with E-state index in [0.717, 1.165) is 71.0 Å². The molecule has 0 N–H and O–H groups in total. The molecule has 2 amide bonds. The van der Waals surface area contributed by atoms with Crippen molar-refractivity contribution in [3.63, 3.8) is 0 Å². The van der Waals surface area contributed by atoms with Gasteiger partial charge in [0.15, 0.2) is 0 Å². The van der Waals surface area contributed by atoms with E-state index < -0.39 is 0 Å². The van der Waals surface area contributed by atoms with E-state index in [2.05, 4.69) is 0 Å². The van der Waals surface area contributed by atoms with E-state index in [9.17, 15) is 14.4 Å². The van der Waals surface area contributed by atoms with Gasteiger partial charge in [-0.05, 0) is 78.1 Å². The molecule has 2 aliphatic rings. The molecule has 1 aliphatic heterocycles. The van der Waals surface area contributed by atoms with Crippen LogP contribution in [-0.4, -0.2) is 66.8 Å². The first-order valence-electron chi connectivity index (χ1n) is 11.4. The maximum Gasteiger partial charge on any atom is 0.248 e. The standard InChI is InChI=1S/C23H40N2O4/c1-17(2)29-16-22(27)24(4)13-5-6-19-11-14-25(15-12-19)23(28)21-9-7-20(8-10-21)18(3)26/h17,19-21H,5-16H2,1-4H3. The summed E-state index contributed by atoms with van der Waals surface area (Å²) in [6.45, 7) is 8.16. The number of piperidine rings is 1. The summed E-state index contributed by atoms with van der Waals surface area (Å²) in [6.07, 6.45) is 7.77. The molecule has 0 atom stereocenters. The van der Waals surface area contributed by atoms with Gasteiger partial charge in [0.05, 0.1) is 6.10 Å². The van der Waals surface area contributed by atoms with Crippen molar-refractivity contribution in [1.82, 2.24) is 9.80 Å². The number of Topliss-reactive ketones (excluding diaryl/α,β-unsaturated/α-hetero) is 1. The summed E-state index contributed by atoms with van der Waals surface area (Å²) >= 11 is 0. The van der Waals surface area contributed by atoms with Crippen LogP contribution in [0.2, 0.25) is 0 Å². The minimum atomic E-state index is 0.0404. The highest BCUT2D eigenvalue weighted by molar-refractivity contribution is 5.81. The normalized spacial score (nSPS) is 23.3. The zero-order valence-electron chi connectivity index (χ0n) is 18.8. The number of hydrogen-bond donors (Lipinski definition) is 0. The summed E-state index contributed by atoms with van der Waals surface area (Å²) in [4.78, 5) is 40.1. The summed E-state index contributed by atoms with van der Waals surface area (Å²) in [5, 5.41) is 0. The van der Waals surface area contributed by atoms with Crippen LogP contribution in [-0.2, 0) is 19.1 Å². The maximum atomic E-state index is 12.8. The molecule has 6 nitrogen and oxygen atoms in total. The lowest BCUT2D eigenvalue weighted by Gasteiger charge is -2.36. The molecule has 0 aromatic carbocycles. The highest BCUT2D eigenvalue weighted by Crippen LogP contribution is 2.32. The second-order valence-corrected chi connectivity index (χ2v) is 9.25. The molecule has 0 spiro atoms. The second-order valence-electron chi connectivity index (χ2n) is 9.25. The molecule has 0 aromatic rings. The highest BCUT2D eigenvalue weighted by atomic mass is 16.5. The number of amides is 2. The number of rotatable bonds is 9. The summed E-state index contributed by atoms with van der Waals surface area (Å²) in [5.41, 5.74) is 0. The van der Waals surface area contributed by atoms with Gasteiger partial charge in [0.25, 0.3) is 0 Å². The van der Waals surface area contributed by atoms with E-state index in [1.54, 1.807) is 11.8 Å². The van der Waals surface area contributed by atoms with E-state index >= 15 is 0 Å². The molecule has 2 rings (SSSR count). The van der Waals surface area contributed by atoms with Crippen molar-refractivity contribution in [3.05, 3.63) is 0 Å². The third-order valence-corrected chi connectivity index (χ3v) is 6.65. The van der Waals surface area contributed by atoms with E-state index in [0.29, 0.717) is 11.8 Å². The molecule has 2 fully saturated rings. The molecule has 166 valence electrons. The van der Waals surface area contributed by atoms with Gasteiger partial charge in [-0.15, -0.1) is 0 Å². The van der Waals surface area contributed by atoms with Crippen LogP contribution >= 0.6 is 0 Å². The Hall–Kier alpha value is -1.43. The third kappa shape index (κ3) is 7.72. The average Bonchev–Trinajstić information content (AvgIpc) is 2.71. The first-order chi connectivity index (χ1) is 13.8. The van der Waals surface area contributed by atoms with Gasteiger partial charge in [0, 0.05) is 38.5 Å². The van der Waals surface area contributed by atoms with Crippen LogP contribution < -0.4 is 0 Å². The van der Waals surface area contributed by atoms with Crippen LogP contribution in [0.25, 0.3) is 0 Å². The quantitative estimate of drug-likeness (QED) is 0.587. The number of likely N-dealkylation sites (N-methyl/N-ethyl adjacent to an activating group) is 1. The lowest BCUT2D eigenvalue weighted by Crippen LogP contribution is -2.43. The van der Waals surface area contributed by atoms with Gasteiger partial charge >= 0.3 is 0 Å².